The Hall–Kier alpha value is 0.0569. The Balaban J connectivity index is 1.89. The quantitative estimate of drug-likeness (QED) is 0.689. The molecular weight excluding hydrogens is 308 g/mol. The first kappa shape index (κ1) is 19.4. The molecule has 2 saturated heterocycles. The largest absolute Gasteiger partial charge is 0.411 e. The van der Waals surface area contributed by atoms with Crippen LogP contribution in [0.1, 0.15) is 60.3 Å². The van der Waals surface area contributed by atoms with E-state index < -0.39 is 14.1 Å². The predicted octanol–water partition coefficient (Wildman–Crippen LogP) is 4.49. The van der Waals surface area contributed by atoms with Crippen LogP contribution in [0.2, 0.25) is 18.1 Å². The Labute approximate surface area is 143 Å². The number of hydrogen-bond donors (Lipinski definition) is 0. The summed E-state index contributed by atoms with van der Waals surface area (Å²) in [6, 6.07) is 0. The van der Waals surface area contributed by atoms with Gasteiger partial charge < -0.3 is 18.6 Å². The average Bonchev–Trinajstić information content (AvgIpc) is 2.76. The topological polar surface area (TPSA) is 36.9 Å². The summed E-state index contributed by atoms with van der Waals surface area (Å²) >= 11 is 0. The van der Waals surface area contributed by atoms with Crippen molar-refractivity contribution in [1.29, 1.82) is 0 Å². The highest BCUT2D eigenvalue weighted by Gasteiger charge is 2.42. The van der Waals surface area contributed by atoms with Crippen LogP contribution in [0.5, 0.6) is 0 Å². The molecule has 2 fully saturated rings. The van der Waals surface area contributed by atoms with Crippen molar-refractivity contribution in [2.75, 3.05) is 13.2 Å². The summed E-state index contributed by atoms with van der Waals surface area (Å²) in [5.41, 5.74) is 0. The van der Waals surface area contributed by atoms with E-state index in [1.165, 1.54) is 0 Å². The number of ether oxygens (including phenoxy) is 3. The summed E-state index contributed by atoms with van der Waals surface area (Å²) in [6.07, 6.45) is 4.81. The molecule has 136 valence electrons. The zero-order valence-corrected chi connectivity index (χ0v) is 17.1. The van der Waals surface area contributed by atoms with Gasteiger partial charge in [-0.15, -0.1) is 0 Å². The average molecular weight is 345 g/mol. The number of hydrogen-bond acceptors (Lipinski definition) is 4. The molecule has 23 heavy (non-hydrogen) atoms. The molecule has 0 aromatic rings. The molecule has 2 aliphatic heterocycles. The van der Waals surface area contributed by atoms with Crippen LogP contribution < -0.4 is 0 Å². The Morgan fingerprint density at radius 2 is 1.87 bits per heavy atom. The van der Waals surface area contributed by atoms with Crippen molar-refractivity contribution in [1.82, 2.24) is 0 Å². The maximum absolute atomic E-state index is 6.65. The fourth-order valence-electron chi connectivity index (χ4n) is 3.03. The summed E-state index contributed by atoms with van der Waals surface area (Å²) in [6.45, 7) is 17.0. The molecule has 2 heterocycles. The van der Waals surface area contributed by atoms with Gasteiger partial charge in [-0.3, -0.25) is 0 Å². The van der Waals surface area contributed by atoms with Gasteiger partial charge in [-0.2, -0.15) is 0 Å². The van der Waals surface area contributed by atoms with Crippen molar-refractivity contribution in [3.63, 3.8) is 0 Å². The smallest absolute Gasteiger partial charge is 0.192 e. The minimum atomic E-state index is -1.75. The molecule has 2 aliphatic rings. The molecule has 0 radical (unpaired) electrons. The molecule has 0 saturated carbocycles. The van der Waals surface area contributed by atoms with E-state index in [0.29, 0.717) is 6.61 Å². The van der Waals surface area contributed by atoms with Crippen molar-refractivity contribution in [2.45, 2.75) is 103 Å². The monoisotopic (exact) mass is 344 g/mol. The Morgan fingerprint density at radius 1 is 1.17 bits per heavy atom. The van der Waals surface area contributed by atoms with Crippen molar-refractivity contribution >= 4 is 8.32 Å². The highest BCUT2D eigenvalue weighted by atomic mass is 28.4. The summed E-state index contributed by atoms with van der Waals surface area (Å²) in [7, 11) is -1.75. The van der Waals surface area contributed by atoms with Crippen LogP contribution in [0.4, 0.5) is 0 Å². The fourth-order valence-corrected chi connectivity index (χ4v) is 4.41. The molecule has 2 rings (SSSR count). The molecule has 0 aromatic carbocycles. The van der Waals surface area contributed by atoms with Crippen molar-refractivity contribution < 1.29 is 18.6 Å². The summed E-state index contributed by atoms with van der Waals surface area (Å²) in [5, 5.41) is 0.238. The summed E-state index contributed by atoms with van der Waals surface area (Å²) in [5.74, 6) is -0.435. The lowest BCUT2D eigenvalue weighted by atomic mass is 10.00. The molecular formula is C18H36O4Si. The van der Waals surface area contributed by atoms with Gasteiger partial charge in [0, 0.05) is 6.61 Å². The van der Waals surface area contributed by atoms with Crippen LogP contribution in [0, 0.1) is 0 Å². The molecule has 3 atom stereocenters. The molecule has 4 nitrogen and oxygen atoms in total. The van der Waals surface area contributed by atoms with E-state index in [-0.39, 0.29) is 23.4 Å². The highest BCUT2D eigenvalue weighted by molar-refractivity contribution is 6.74. The van der Waals surface area contributed by atoms with Crippen molar-refractivity contribution in [3.8, 4) is 0 Å². The molecule has 0 spiro atoms. The van der Waals surface area contributed by atoms with E-state index in [4.69, 9.17) is 18.6 Å². The normalized spacial score (nSPS) is 32.2. The second-order valence-electron chi connectivity index (χ2n) is 9.00. The summed E-state index contributed by atoms with van der Waals surface area (Å²) in [4.78, 5) is 0. The van der Waals surface area contributed by atoms with E-state index in [9.17, 15) is 0 Å². The fraction of sp³-hybridized carbons (Fsp3) is 1.00. The predicted molar refractivity (Wildman–Crippen MR) is 95.2 cm³/mol. The van der Waals surface area contributed by atoms with E-state index in [0.717, 1.165) is 32.3 Å². The zero-order valence-electron chi connectivity index (χ0n) is 16.1. The standard InChI is InChI=1S/C18H36O4Si/c1-17(2,3)23(6,7)22-16-9-8-12-19-15(16)11-10-14-13-20-18(4,5)21-14/h14-16H,8-13H2,1-7H3/t14?,15-,16+/m1/s1. The lowest BCUT2D eigenvalue weighted by molar-refractivity contribution is -0.141. The van der Waals surface area contributed by atoms with Gasteiger partial charge >= 0.3 is 0 Å². The van der Waals surface area contributed by atoms with E-state index in [2.05, 4.69) is 33.9 Å². The highest BCUT2D eigenvalue weighted by Crippen LogP contribution is 2.39. The van der Waals surface area contributed by atoms with Gasteiger partial charge in [0.25, 0.3) is 0 Å². The van der Waals surface area contributed by atoms with Crippen LogP contribution in [-0.2, 0) is 18.6 Å². The molecule has 0 aromatic heterocycles. The van der Waals surface area contributed by atoms with Gasteiger partial charge in [0.05, 0.1) is 24.9 Å². The molecule has 1 unspecified atom stereocenters. The minimum absolute atomic E-state index is 0.184. The second-order valence-corrected chi connectivity index (χ2v) is 13.8. The Bertz CT molecular complexity index is 389. The van der Waals surface area contributed by atoms with Crippen LogP contribution in [0.3, 0.4) is 0 Å². The first-order chi connectivity index (χ1) is 10.5. The van der Waals surface area contributed by atoms with E-state index >= 15 is 0 Å². The van der Waals surface area contributed by atoms with Gasteiger partial charge in [0.1, 0.15) is 0 Å². The van der Waals surface area contributed by atoms with Gasteiger partial charge in [0.2, 0.25) is 0 Å². The second kappa shape index (κ2) is 7.12. The lowest BCUT2D eigenvalue weighted by Gasteiger charge is -2.43. The molecule has 0 amide bonds. The van der Waals surface area contributed by atoms with Gasteiger partial charge in [0.15, 0.2) is 14.1 Å². The zero-order chi connectivity index (χ0) is 17.3. The molecule has 0 bridgehead atoms. The first-order valence-electron chi connectivity index (χ1n) is 9.11. The van der Waals surface area contributed by atoms with Crippen molar-refractivity contribution in [3.05, 3.63) is 0 Å². The van der Waals surface area contributed by atoms with Crippen LogP contribution in [0.15, 0.2) is 0 Å². The maximum Gasteiger partial charge on any atom is 0.192 e. The van der Waals surface area contributed by atoms with E-state index in [1.807, 2.05) is 13.8 Å². The van der Waals surface area contributed by atoms with Gasteiger partial charge in [-0.05, 0) is 57.7 Å². The Morgan fingerprint density at radius 3 is 2.43 bits per heavy atom. The lowest BCUT2D eigenvalue weighted by Crippen LogP contribution is -2.49. The van der Waals surface area contributed by atoms with E-state index in [1.54, 1.807) is 0 Å². The first-order valence-corrected chi connectivity index (χ1v) is 12.0. The van der Waals surface area contributed by atoms with Crippen LogP contribution >= 0.6 is 0 Å². The molecule has 0 aliphatic carbocycles. The summed E-state index contributed by atoms with van der Waals surface area (Å²) < 4.78 is 24.3. The third-order valence-electron chi connectivity index (χ3n) is 5.47. The third-order valence-corrected chi connectivity index (χ3v) is 9.98. The van der Waals surface area contributed by atoms with Crippen LogP contribution in [0.25, 0.3) is 0 Å². The van der Waals surface area contributed by atoms with Gasteiger partial charge in [-0.25, -0.2) is 0 Å². The Kier molecular flexibility index (Phi) is 6.00. The van der Waals surface area contributed by atoms with Gasteiger partial charge in [-0.1, -0.05) is 20.8 Å². The molecule has 0 N–H and O–H groups in total. The minimum Gasteiger partial charge on any atom is -0.411 e. The van der Waals surface area contributed by atoms with Crippen LogP contribution in [-0.4, -0.2) is 45.6 Å². The third kappa shape index (κ3) is 5.26. The number of rotatable bonds is 5. The maximum atomic E-state index is 6.65. The molecule has 5 heteroatoms. The van der Waals surface area contributed by atoms with Crippen molar-refractivity contribution in [2.24, 2.45) is 0 Å². The SMILES string of the molecule is CC1(C)OCC(CC[C@H]2OCCC[C@@H]2O[Si](C)(C)C(C)(C)C)O1.